The Morgan fingerprint density at radius 1 is 0.493 bits per heavy atom. The minimum Gasteiger partial charge on any atom is -0.744 e. The van der Waals surface area contributed by atoms with Crippen molar-refractivity contribution in [3.05, 3.63) is 102 Å². The molecule has 0 saturated heterocycles. The number of aromatic nitrogens is 11. The van der Waals surface area contributed by atoms with Gasteiger partial charge in [0, 0.05) is 55.9 Å². The van der Waals surface area contributed by atoms with E-state index >= 15 is 0 Å². The van der Waals surface area contributed by atoms with Crippen molar-refractivity contribution in [2.75, 3.05) is 15.8 Å². The molecule has 4 aromatic heterocycles. The van der Waals surface area contributed by atoms with Crippen molar-refractivity contribution in [3.63, 3.8) is 0 Å². The number of benzene rings is 5. The fourth-order valence-electron chi connectivity index (χ4n) is 7.82. The second-order valence-electron chi connectivity index (χ2n) is 15.2. The first-order valence-corrected chi connectivity index (χ1v) is 25.9. The Morgan fingerprint density at radius 3 is 1.77 bits per heavy atom. The van der Waals surface area contributed by atoms with Crippen molar-refractivity contribution in [1.82, 2.24) is 54.8 Å². The maximum Gasteiger partial charge on any atom is 2.00 e. The van der Waals surface area contributed by atoms with Crippen LogP contribution in [0.1, 0.15) is 0 Å². The molecule has 34 heteroatoms. The standard InChI is InChI=1S/C41H23ClN14O11S4.Cu.3Na/c42-39-53-40(43)55-41(54-39)44-17-4-1-5-18(14-17)56-68(57,58)19-10-12-21-25(15-19)36-48-32(21)47-35-26-16-20(69(59,60)61)11-13-22(26)31(46-35)45-33-23-6-2-8-27(70(62,63)64)29(23)37(49-33)50-34-24-7-3-9-28(71(65,66)67)30(24)38(51-34)52-36;;;;/h1-16,56H,(H6-2,43,44,45,46,47,48,49,50,51,52,53,54,55,59,60,61,62,63,64,65,66,67);;;;/q-2;+2;3*+1/p-3. The van der Waals surface area contributed by atoms with Crippen molar-refractivity contribution < 1.29 is 153 Å². The molecule has 4 N–H and O–H groups in total. The van der Waals surface area contributed by atoms with E-state index in [4.69, 9.17) is 17.3 Å². The number of hydrogen-bond acceptors (Lipinski definition) is 22. The van der Waals surface area contributed by atoms with Crippen LogP contribution in [0.5, 0.6) is 0 Å². The van der Waals surface area contributed by atoms with Crippen LogP contribution in [-0.2, 0) is 57.4 Å². The molecular weight excluding hydrogens is 1160 g/mol. The molecule has 0 atom stereocenters. The normalized spacial score (nSPS) is 12.1. The molecule has 2 aliphatic rings. The topological polar surface area (TPSA) is 400 Å². The van der Waals surface area contributed by atoms with Gasteiger partial charge >= 0.3 is 106 Å². The summed E-state index contributed by atoms with van der Waals surface area (Å²) in [6, 6.07) is 20.1. The van der Waals surface area contributed by atoms with Crippen LogP contribution in [-0.4, -0.2) is 92.2 Å². The predicted octanol–water partition coefficient (Wildman–Crippen LogP) is -5.19. The van der Waals surface area contributed by atoms with Gasteiger partial charge in [0.15, 0.2) is 0 Å². The quantitative estimate of drug-likeness (QED) is 0.0945. The van der Waals surface area contributed by atoms with Gasteiger partial charge in [-0.3, -0.25) is 4.72 Å². The van der Waals surface area contributed by atoms with Crippen molar-refractivity contribution in [1.29, 1.82) is 0 Å². The number of nitrogen functional groups attached to an aromatic ring is 1. The molecule has 0 saturated carbocycles. The van der Waals surface area contributed by atoms with E-state index < -0.39 is 66.5 Å². The molecule has 9 aromatic rings. The number of rotatable bonds is 8. The van der Waals surface area contributed by atoms with Crippen LogP contribution in [0.4, 0.5) is 23.3 Å². The Bertz CT molecular complexity index is 4530. The molecule has 6 heterocycles. The molecular formula is C41H20ClCuN14Na3O11S4. The van der Waals surface area contributed by atoms with Crippen LogP contribution >= 0.6 is 11.6 Å². The molecule has 0 aliphatic carbocycles. The maximum absolute atomic E-state index is 14.1. The Balaban J connectivity index is 0.00000205. The molecule has 0 spiro atoms. The van der Waals surface area contributed by atoms with Gasteiger partial charge < -0.3 is 54.6 Å². The molecule has 5 aromatic carbocycles. The molecule has 8 bridgehead atoms. The van der Waals surface area contributed by atoms with Gasteiger partial charge in [-0.05, 0) is 82.4 Å². The second kappa shape index (κ2) is 21.3. The van der Waals surface area contributed by atoms with E-state index in [9.17, 15) is 47.3 Å². The molecule has 1 radical (unpaired) electrons. The molecule has 75 heavy (non-hydrogen) atoms. The number of anilines is 4. The molecule has 0 unspecified atom stereocenters. The minimum absolute atomic E-state index is 0. The molecule has 0 amide bonds. The number of hydrogen-bond donors (Lipinski definition) is 3. The number of sulfonamides is 1. The van der Waals surface area contributed by atoms with E-state index in [1.165, 1.54) is 66.7 Å². The average Bonchev–Trinajstić information content (AvgIpc) is 4.03. The first kappa shape index (κ1) is 58.1. The van der Waals surface area contributed by atoms with Crippen molar-refractivity contribution >= 4 is 119 Å². The summed E-state index contributed by atoms with van der Waals surface area (Å²) >= 11 is 5.90. The molecule has 365 valence electrons. The Hall–Kier alpha value is -4.64. The number of nitrogens with two attached hydrogens (primary N) is 1. The summed E-state index contributed by atoms with van der Waals surface area (Å²) < 4.78 is 144. The number of fused-ring (bicyclic) bond motifs is 20. The fourth-order valence-corrected chi connectivity index (χ4v) is 10.9. The third kappa shape index (κ3) is 11.1. The zero-order chi connectivity index (χ0) is 49.9. The summed E-state index contributed by atoms with van der Waals surface area (Å²) in [6.07, 6.45) is 0. The van der Waals surface area contributed by atoms with Gasteiger partial charge in [0.05, 0.1) is 48.6 Å². The Kier molecular flexibility index (Phi) is 16.5. The first-order chi connectivity index (χ1) is 33.6. The van der Waals surface area contributed by atoms with Crippen molar-refractivity contribution in [2.24, 2.45) is 0 Å². The van der Waals surface area contributed by atoms with Gasteiger partial charge in [0.2, 0.25) is 17.2 Å². The maximum atomic E-state index is 14.1. The van der Waals surface area contributed by atoms with Crippen molar-refractivity contribution in [3.8, 4) is 45.6 Å². The summed E-state index contributed by atoms with van der Waals surface area (Å²) in [4.78, 5) is 45.2. The van der Waals surface area contributed by atoms with Crippen molar-refractivity contribution in [2.45, 2.75) is 19.6 Å². The molecule has 0 fully saturated rings. The smallest absolute Gasteiger partial charge is 0.744 e. The van der Waals surface area contributed by atoms with Gasteiger partial charge in [0.1, 0.15) is 30.4 Å². The van der Waals surface area contributed by atoms with Gasteiger partial charge in [-0.2, -0.15) is 15.0 Å². The van der Waals surface area contributed by atoms with E-state index in [0.717, 1.165) is 24.3 Å². The summed E-state index contributed by atoms with van der Waals surface area (Å²) in [7, 11) is -20.1. The summed E-state index contributed by atoms with van der Waals surface area (Å²) in [6.45, 7) is 0. The van der Waals surface area contributed by atoms with Gasteiger partial charge in [-0.1, -0.05) is 42.5 Å². The first-order valence-electron chi connectivity index (χ1n) is 19.8. The number of nitrogens with one attached hydrogen (secondary N) is 2. The largest absolute Gasteiger partial charge is 2.00 e. The van der Waals surface area contributed by atoms with Gasteiger partial charge in [-0.15, -0.1) is 0 Å². The molecule has 25 nitrogen and oxygen atoms in total. The third-order valence-electron chi connectivity index (χ3n) is 10.8. The average molecular weight is 1180 g/mol. The molecule has 11 rings (SSSR count). The van der Waals surface area contributed by atoms with Crippen LogP contribution in [0.3, 0.4) is 0 Å². The predicted molar refractivity (Wildman–Crippen MR) is 248 cm³/mol. The zero-order valence-electron chi connectivity index (χ0n) is 38.0. The summed E-state index contributed by atoms with van der Waals surface area (Å²) in [5.41, 5.74) is 4.42. The van der Waals surface area contributed by atoms with Gasteiger partial charge in [0.25, 0.3) is 10.0 Å². The number of halogens is 1. The third-order valence-corrected chi connectivity index (χ3v) is 14.9. The monoisotopic (exact) mass is 1180 g/mol. The van der Waals surface area contributed by atoms with E-state index in [0.29, 0.717) is 5.69 Å². The Morgan fingerprint density at radius 2 is 1.07 bits per heavy atom. The second-order valence-corrected chi connectivity index (χ2v) is 21.3. The minimum atomic E-state index is -5.31. The van der Waals surface area contributed by atoms with Crippen LogP contribution in [0, 0.1) is 0 Å². The van der Waals surface area contributed by atoms with Crippen LogP contribution < -0.4 is 114 Å². The van der Waals surface area contributed by atoms with Gasteiger partial charge in [-0.25, -0.2) is 43.6 Å². The van der Waals surface area contributed by atoms with E-state index in [1.807, 2.05) is 0 Å². The number of nitrogens with zero attached hydrogens (tertiary/aromatic N) is 11. The summed E-state index contributed by atoms with van der Waals surface area (Å²) in [5.74, 6) is -1.48. The Labute approximate surface area is 504 Å². The van der Waals surface area contributed by atoms with Crippen LogP contribution in [0.25, 0.3) is 89.7 Å². The van der Waals surface area contributed by atoms with E-state index in [1.54, 1.807) is 6.07 Å². The zero-order valence-corrected chi connectivity index (χ0v) is 49.0. The van der Waals surface area contributed by atoms with Crippen LogP contribution in [0.2, 0.25) is 5.28 Å². The molecule has 2 aliphatic heterocycles. The van der Waals surface area contributed by atoms with E-state index in [2.05, 4.69) is 64.9 Å². The summed E-state index contributed by atoms with van der Waals surface area (Å²) in [5, 5.41) is 2.24. The van der Waals surface area contributed by atoms with E-state index in [-0.39, 0.29) is 212 Å². The van der Waals surface area contributed by atoms with Crippen LogP contribution in [0.15, 0.2) is 117 Å². The fraction of sp³-hybridized carbons (Fsp3) is 0. The SMILES string of the molecule is Nc1nc(Cl)nc(Nc2cccc(NS(=O)(=O)c3ccc4c(c3)-c3nc-4nc4[n-]c(nc5nc(nc6[n-]c(n3)c3c(S(=O)(=O)[O-])cccc63)-c3c-5cccc3S(=O)(=O)[O-])c3ccc(S(=O)(=O)[O-])cc43)c2)n1.[Cu+2].[Na+].[Na+].[Na+].